The minimum Gasteiger partial charge on any atom is -0.310 e. The topological polar surface area (TPSA) is 3.24 Å². The van der Waals surface area contributed by atoms with Crippen LogP contribution in [0.2, 0.25) is 0 Å². The van der Waals surface area contributed by atoms with Gasteiger partial charge in [0.05, 0.1) is 5.69 Å². The van der Waals surface area contributed by atoms with Gasteiger partial charge in [0.1, 0.15) is 0 Å². The number of benzene rings is 6. The Balaban J connectivity index is 1.57. The van der Waals surface area contributed by atoms with Crippen LogP contribution in [0, 0.1) is 0 Å². The van der Waals surface area contributed by atoms with E-state index in [9.17, 15) is 0 Å². The molecule has 6 aromatic rings. The molecule has 1 nitrogen and oxygen atoms in total. The van der Waals surface area contributed by atoms with Gasteiger partial charge in [-0.3, -0.25) is 0 Å². The molecule has 0 radical (unpaired) electrons. The number of hydrogen-bond acceptors (Lipinski definition) is 1. The quantitative estimate of drug-likeness (QED) is 0.239. The van der Waals surface area contributed by atoms with E-state index < -0.39 is 0 Å². The van der Waals surface area contributed by atoms with Crippen LogP contribution in [0.4, 0.5) is 17.1 Å². The van der Waals surface area contributed by atoms with Crippen molar-refractivity contribution in [3.8, 4) is 22.3 Å². The summed E-state index contributed by atoms with van der Waals surface area (Å²) in [7, 11) is 0. The number of para-hydroxylation sites is 1. The monoisotopic (exact) mass is 487 g/mol. The van der Waals surface area contributed by atoms with Crippen LogP contribution < -0.4 is 4.90 Å². The van der Waals surface area contributed by atoms with E-state index in [1.807, 2.05) is 0 Å². The number of rotatable bonds is 4. The molecule has 0 spiro atoms. The largest absolute Gasteiger partial charge is 0.310 e. The normalized spacial score (nSPS) is 13.2. The molecule has 6 aromatic carbocycles. The van der Waals surface area contributed by atoms with Crippen molar-refractivity contribution in [3.63, 3.8) is 0 Å². The molecule has 1 aliphatic rings. The minimum absolute atomic E-state index is 0.0906. The zero-order valence-corrected chi connectivity index (χ0v) is 21.7. The maximum absolute atomic E-state index is 2.42. The van der Waals surface area contributed by atoms with Crippen molar-refractivity contribution < 1.29 is 0 Å². The maximum atomic E-state index is 2.42. The van der Waals surface area contributed by atoms with Crippen molar-refractivity contribution in [2.75, 3.05) is 4.90 Å². The Hall–Kier alpha value is -4.62. The van der Waals surface area contributed by atoms with Gasteiger partial charge < -0.3 is 4.90 Å². The fraction of sp³-hybridized carbons (Fsp3) is 0.0811. The summed E-state index contributed by atoms with van der Waals surface area (Å²) < 4.78 is 0. The predicted molar refractivity (Wildman–Crippen MR) is 162 cm³/mol. The van der Waals surface area contributed by atoms with Crippen molar-refractivity contribution in [3.05, 3.63) is 151 Å². The molecule has 0 unspecified atom stereocenters. The van der Waals surface area contributed by atoms with Crippen LogP contribution in [-0.4, -0.2) is 0 Å². The highest BCUT2D eigenvalue weighted by Gasteiger charge is 2.38. The molecule has 1 heteroatoms. The lowest BCUT2D eigenvalue weighted by molar-refractivity contribution is 0.662. The van der Waals surface area contributed by atoms with E-state index in [1.165, 1.54) is 49.8 Å². The molecule has 0 N–H and O–H groups in total. The first-order valence-electron chi connectivity index (χ1n) is 13.3. The van der Waals surface area contributed by atoms with E-state index in [-0.39, 0.29) is 5.41 Å². The number of fused-ring (bicyclic) bond motifs is 4. The fourth-order valence-corrected chi connectivity index (χ4v) is 6.29. The molecule has 0 atom stereocenters. The molecule has 7 rings (SSSR count). The number of anilines is 3. The van der Waals surface area contributed by atoms with Gasteiger partial charge in [0, 0.05) is 22.2 Å². The molecular weight excluding hydrogens is 458 g/mol. The molecule has 182 valence electrons. The van der Waals surface area contributed by atoms with Gasteiger partial charge in [0.2, 0.25) is 0 Å². The third-order valence-corrected chi connectivity index (χ3v) is 8.00. The first-order chi connectivity index (χ1) is 18.6. The van der Waals surface area contributed by atoms with Crippen molar-refractivity contribution in [1.29, 1.82) is 0 Å². The van der Waals surface area contributed by atoms with E-state index in [1.54, 1.807) is 0 Å². The van der Waals surface area contributed by atoms with E-state index >= 15 is 0 Å². The van der Waals surface area contributed by atoms with Gasteiger partial charge in [-0.2, -0.15) is 0 Å². The fourth-order valence-electron chi connectivity index (χ4n) is 6.29. The summed E-state index contributed by atoms with van der Waals surface area (Å²) in [6, 6.07) is 50.6. The van der Waals surface area contributed by atoms with E-state index in [0.29, 0.717) is 0 Å². The zero-order chi connectivity index (χ0) is 25.7. The molecule has 0 heterocycles. The van der Waals surface area contributed by atoms with Crippen LogP contribution in [0.5, 0.6) is 0 Å². The highest BCUT2D eigenvalue weighted by atomic mass is 15.1. The lowest BCUT2D eigenvalue weighted by Gasteiger charge is -2.30. The second kappa shape index (κ2) is 8.75. The van der Waals surface area contributed by atoms with Crippen LogP contribution in [-0.2, 0) is 5.41 Å². The standard InChI is InChI=1S/C37H29N/c1-37(2)34-22-12-11-21-31(34)33-25-29(24-32(36(33)37)27-14-5-3-6-15-27)38(28-18-7-4-8-19-28)35-23-13-17-26-16-9-10-20-30(26)35/h3-25H,1-2H3. The number of nitrogens with zero attached hydrogens (tertiary/aromatic N) is 1. The highest BCUT2D eigenvalue weighted by Crippen LogP contribution is 2.54. The first kappa shape index (κ1) is 22.6. The lowest BCUT2D eigenvalue weighted by Crippen LogP contribution is -2.17. The molecule has 0 bridgehead atoms. The molecule has 0 fully saturated rings. The predicted octanol–water partition coefficient (Wildman–Crippen LogP) is 10.3. The second-order valence-electron chi connectivity index (χ2n) is 10.6. The van der Waals surface area contributed by atoms with Gasteiger partial charge >= 0.3 is 0 Å². The molecule has 0 saturated heterocycles. The summed E-state index contributed by atoms with van der Waals surface area (Å²) in [6.07, 6.45) is 0. The summed E-state index contributed by atoms with van der Waals surface area (Å²) in [6.45, 7) is 4.73. The SMILES string of the molecule is CC1(C)c2ccccc2-c2cc(N(c3ccccc3)c3cccc4ccccc34)cc(-c3ccccc3)c21. The smallest absolute Gasteiger partial charge is 0.0540 e. The summed E-state index contributed by atoms with van der Waals surface area (Å²) >= 11 is 0. The Labute approximate surface area is 224 Å². The van der Waals surface area contributed by atoms with Gasteiger partial charge in [-0.1, -0.05) is 123 Å². The third-order valence-electron chi connectivity index (χ3n) is 8.00. The van der Waals surface area contributed by atoms with Crippen molar-refractivity contribution >= 4 is 27.8 Å². The van der Waals surface area contributed by atoms with E-state index in [2.05, 4.69) is 158 Å². The van der Waals surface area contributed by atoms with Crippen LogP contribution in [0.3, 0.4) is 0 Å². The Morgan fingerprint density at radius 2 is 1.13 bits per heavy atom. The Morgan fingerprint density at radius 3 is 1.95 bits per heavy atom. The average Bonchev–Trinajstić information content (AvgIpc) is 3.21. The van der Waals surface area contributed by atoms with Gasteiger partial charge in [-0.25, -0.2) is 0 Å². The molecule has 1 aliphatic carbocycles. The first-order valence-corrected chi connectivity index (χ1v) is 13.3. The minimum atomic E-state index is -0.0906. The lowest BCUT2D eigenvalue weighted by atomic mass is 9.78. The van der Waals surface area contributed by atoms with Crippen LogP contribution in [0.1, 0.15) is 25.0 Å². The van der Waals surface area contributed by atoms with Gasteiger partial charge in [-0.15, -0.1) is 0 Å². The molecule has 38 heavy (non-hydrogen) atoms. The number of hydrogen-bond donors (Lipinski definition) is 0. The average molecular weight is 488 g/mol. The third kappa shape index (κ3) is 3.47. The molecule has 0 aliphatic heterocycles. The summed E-state index contributed by atoms with van der Waals surface area (Å²) in [5.74, 6) is 0. The highest BCUT2D eigenvalue weighted by molar-refractivity contribution is 6.00. The van der Waals surface area contributed by atoms with Crippen LogP contribution in [0.25, 0.3) is 33.0 Å². The summed E-state index contributed by atoms with van der Waals surface area (Å²) in [4.78, 5) is 2.42. The second-order valence-corrected chi connectivity index (χ2v) is 10.6. The Bertz CT molecular complexity index is 1780. The summed E-state index contributed by atoms with van der Waals surface area (Å²) in [5.41, 5.74) is 11.4. The molecular formula is C37H29N. The molecule has 0 amide bonds. The van der Waals surface area contributed by atoms with Gasteiger partial charge in [0.15, 0.2) is 0 Å². The van der Waals surface area contributed by atoms with Crippen molar-refractivity contribution in [2.24, 2.45) is 0 Å². The Kier molecular flexibility index (Phi) is 5.19. The summed E-state index contributed by atoms with van der Waals surface area (Å²) in [5, 5.41) is 2.48. The van der Waals surface area contributed by atoms with Crippen molar-refractivity contribution in [2.45, 2.75) is 19.3 Å². The van der Waals surface area contributed by atoms with Crippen molar-refractivity contribution in [1.82, 2.24) is 0 Å². The van der Waals surface area contributed by atoms with E-state index in [0.717, 1.165) is 11.4 Å². The van der Waals surface area contributed by atoms with Gasteiger partial charge in [-0.05, 0) is 69.1 Å². The zero-order valence-electron chi connectivity index (χ0n) is 21.7. The maximum Gasteiger partial charge on any atom is 0.0540 e. The molecule has 0 aromatic heterocycles. The molecule has 0 saturated carbocycles. The van der Waals surface area contributed by atoms with Crippen LogP contribution >= 0.6 is 0 Å². The van der Waals surface area contributed by atoms with Crippen LogP contribution in [0.15, 0.2) is 140 Å². The Morgan fingerprint density at radius 1 is 0.500 bits per heavy atom. The van der Waals surface area contributed by atoms with Gasteiger partial charge in [0.25, 0.3) is 0 Å². The van der Waals surface area contributed by atoms with E-state index in [4.69, 9.17) is 0 Å².